The van der Waals surface area contributed by atoms with Crippen molar-refractivity contribution in [2.45, 2.75) is 12.3 Å². The highest BCUT2D eigenvalue weighted by Gasteiger charge is 2.20. The van der Waals surface area contributed by atoms with Gasteiger partial charge in [-0.2, -0.15) is 0 Å². The van der Waals surface area contributed by atoms with Crippen molar-refractivity contribution in [3.63, 3.8) is 0 Å². The first-order valence-electron chi connectivity index (χ1n) is 4.34. The van der Waals surface area contributed by atoms with E-state index < -0.39 is 0 Å². The normalized spacial score (nSPS) is 29.1. The molecule has 1 aromatic heterocycles. The number of hydrogen-bond donors (Lipinski definition) is 1. The average Bonchev–Trinajstić information content (AvgIpc) is 2.53. The first kappa shape index (κ1) is 10.0. The number of hydrogen-bond acceptors (Lipinski definition) is 3. The predicted octanol–water partition coefficient (Wildman–Crippen LogP) is 3.48. The molecule has 1 saturated heterocycles. The smallest absolute Gasteiger partial charge is 0.0883 e. The van der Waals surface area contributed by atoms with Crippen LogP contribution in [0.1, 0.15) is 17.2 Å². The molecule has 0 bridgehead atoms. The fourth-order valence-corrected chi connectivity index (χ4v) is 4.19. The van der Waals surface area contributed by atoms with Crippen LogP contribution in [0.5, 0.6) is 0 Å². The highest BCUT2D eigenvalue weighted by atomic mass is 79.9. The van der Waals surface area contributed by atoms with E-state index in [4.69, 9.17) is 0 Å². The topological polar surface area (TPSA) is 12.0 Å². The van der Waals surface area contributed by atoms with Crippen molar-refractivity contribution in [1.82, 2.24) is 5.32 Å². The van der Waals surface area contributed by atoms with E-state index in [1.807, 2.05) is 23.1 Å². The molecule has 0 aromatic carbocycles. The molecular weight excluding hydrogens is 266 g/mol. The highest BCUT2D eigenvalue weighted by molar-refractivity contribution is 9.10. The molecule has 0 spiro atoms. The van der Waals surface area contributed by atoms with Crippen LogP contribution in [0.15, 0.2) is 15.9 Å². The Morgan fingerprint density at radius 2 is 2.46 bits per heavy atom. The summed E-state index contributed by atoms with van der Waals surface area (Å²) in [5.41, 5.74) is 0. The summed E-state index contributed by atoms with van der Waals surface area (Å²) in [4.78, 5) is 1.43. The summed E-state index contributed by atoms with van der Waals surface area (Å²) in [6, 6.07) is 2.21. The van der Waals surface area contributed by atoms with Crippen LogP contribution in [-0.2, 0) is 0 Å². The largest absolute Gasteiger partial charge is 0.301 e. The van der Waals surface area contributed by atoms with E-state index in [0.29, 0.717) is 5.37 Å². The van der Waals surface area contributed by atoms with Gasteiger partial charge < -0.3 is 5.32 Å². The fourth-order valence-electron chi connectivity index (χ4n) is 1.34. The van der Waals surface area contributed by atoms with Crippen LogP contribution in [0.25, 0.3) is 0 Å². The third-order valence-electron chi connectivity index (χ3n) is 2.05. The molecule has 1 aromatic rings. The quantitative estimate of drug-likeness (QED) is 0.844. The number of halogens is 1. The Kier molecular flexibility index (Phi) is 3.35. The van der Waals surface area contributed by atoms with Gasteiger partial charge in [0.25, 0.3) is 0 Å². The zero-order chi connectivity index (χ0) is 9.26. The van der Waals surface area contributed by atoms with Crippen LogP contribution < -0.4 is 5.32 Å². The van der Waals surface area contributed by atoms with Crippen LogP contribution in [-0.4, -0.2) is 12.3 Å². The molecule has 0 amide bonds. The molecule has 72 valence electrons. The lowest BCUT2D eigenvalue weighted by Crippen LogP contribution is -2.30. The SMILES string of the molecule is CC1CNC(c2cc(Br)cs2)SC1. The predicted molar refractivity (Wildman–Crippen MR) is 64.4 cm³/mol. The Hall–Kier alpha value is 0.490. The first-order chi connectivity index (χ1) is 6.25. The summed E-state index contributed by atoms with van der Waals surface area (Å²) in [5, 5.41) is 6.22. The molecule has 1 aliphatic rings. The number of nitrogens with one attached hydrogen (secondary N) is 1. The van der Waals surface area contributed by atoms with E-state index in [0.717, 1.165) is 12.5 Å². The summed E-state index contributed by atoms with van der Waals surface area (Å²) in [5.74, 6) is 2.08. The maximum atomic E-state index is 3.55. The van der Waals surface area contributed by atoms with Crippen LogP contribution >= 0.6 is 39.0 Å². The number of thiophene rings is 1. The molecule has 0 radical (unpaired) electrons. The maximum absolute atomic E-state index is 3.55. The van der Waals surface area contributed by atoms with E-state index in [1.54, 1.807) is 0 Å². The van der Waals surface area contributed by atoms with Gasteiger partial charge in [-0.15, -0.1) is 23.1 Å². The van der Waals surface area contributed by atoms with Gasteiger partial charge in [-0.3, -0.25) is 0 Å². The van der Waals surface area contributed by atoms with Gasteiger partial charge >= 0.3 is 0 Å². The molecule has 1 aliphatic heterocycles. The van der Waals surface area contributed by atoms with E-state index in [2.05, 4.69) is 39.6 Å². The van der Waals surface area contributed by atoms with E-state index in [-0.39, 0.29) is 0 Å². The monoisotopic (exact) mass is 277 g/mol. The van der Waals surface area contributed by atoms with Crippen molar-refractivity contribution >= 4 is 39.0 Å². The molecule has 0 saturated carbocycles. The van der Waals surface area contributed by atoms with Gasteiger partial charge in [-0.25, -0.2) is 0 Å². The second-order valence-electron chi connectivity index (χ2n) is 3.39. The van der Waals surface area contributed by atoms with E-state index >= 15 is 0 Å². The molecule has 13 heavy (non-hydrogen) atoms. The molecule has 2 unspecified atom stereocenters. The first-order valence-corrected chi connectivity index (χ1v) is 7.07. The van der Waals surface area contributed by atoms with Gasteiger partial charge in [0.1, 0.15) is 0 Å². The highest BCUT2D eigenvalue weighted by Crippen LogP contribution is 2.35. The summed E-state index contributed by atoms with van der Waals surface area (Å²) < 4.78 is 1.20. The zero-order valence-corrected chi connectivity index (χ0v) is 10.6. The second-order valence-corrected chi connectivity index (χ2v) is 6.39. The summed E-state index contributed by atoms with van der Waals surface area (Å²) in [6.07, 6.45) is 0. The fraction of sp³-hybridized carbons (Fsp3) is 0.556. The second kappa shape index (κ2) is 4.34. The minimum atomic E-state index is 0.521. The van der Waals surface area contributed by atoms with Crippen LogP contribution in [0.3, 0.4) is 0 Å². The van der Waals surface area contributed by atoms with Crippen LogP contribution in [0, 0.1) is 5.92 Å². The molecule has 1 N–H and O–H groups in total. The summed E-state index contributed by atoms with van der Waals surface area (Å²) in [7, 11) is 0. The summed E-state index contributed by atoms with van der Waals surface area (Å²) in [6.45, 7) is 3.44. The van der Waals surface area contributed by atoms with Crippen molar-refractivity contribution < 1.29 is 0 Å². The van der Waals surface area contributed by atoms with Crippen LogP contribution in [0.2, 0.25) is 0 Å². The zero-order valence-electron chi connectivity index (χ0n) is 7.42. The molecule has 0 aliphatic carbocycles. The van der Waals surface area contributed by atoms with Gasteiger partial charge in [0.2, 0.25) is 0 Å². The molecule has 2 atom stereocenters. The minimum Gasteiger partial charge on any atom is -0.301 e. The lowest BCUT2D eigenvalue weighted by molar-refractivity contribution is 0.532. The Bertz CT molecular complexity index is 279. The third-order valence-corrected chi connectivity index (χ3v) is 5.47. The average molecular weight is 278 g/mol. The molecule has 4 heteroatoms. The minimum absolute atomic E-state index is 0.521. The molecule has 2 heterocycles. The number of thioether (sulfide) groups is 1. The Balaban J connectivity index is 2.02. The van der Waals surface area contributed by atoms with Gasteiger partial charge in [0, 0.05) is 14.7 Å². The van der Waals surface area contributed by atoms with Crippen molar-refractivity contribution in [2.75, 3.05) is 12.3 Å². The van der Waals surface area contributed by atoms with Gasteiger partial charge in [0.05, 0.1) is 5.37 Å². The lowest BCUT2D eigenvalue weighted by atomic mass is 10.2. The Morgan fingerprint density at radius 1 is 1.62 bits per heavy atom. The molecule has 2 rings (SSSR count). The lowest BCUT2D eigenvalue weighted by Gasteiger charge is -2.26. The third kappa shape index (κ3) is 2.49. The van der Waals surface area contributed by atoms with Gasteiger partial charge in [-0.1, -0.05) is 6.92 Å². The van der Waals surface area contributed by atoms with Crippen molar-refractivity contribution in [2.24, 2.45) is 5.92 Å². The maximum Gasteiger partial charge on any atom is 0.0883 e. The molecule has 1 fully saturated rings. The molecular formula is C9H12BrNS2. The van der Waals surface area contributed by atoms with E-state index in [1.165, 1.54) is 15.1 Å². The standard InChI is InChI=1S/C9H12BrNS2/c1-6-3-11-9(13-4-6)8-2-7(10)5-12-8/h2,5-6,9,11H,3-4H2,1H3. The Morgan fingerprint density at radius 3 is 3.00 bits per heavy atom. The van der Waals surface area contributed by atoms with Crippen molar-refractivity contribution in [1.29, 1.82) is 0 Å². The number of rotatable bonds is 1. The van der Waals surface area contributed by atoms with Crippen LogP contribution in [0.4, 0.5) is 0 Å². The van der Waals surface area contributed by atoms with Crippen molar-refractivity contribution in [3.05, 3.63) is 20.8 Å². The van der Waals surface area contributed by atoms with E-state index in [9.17, 15) is 0 Å². The van der Waals surface area contributed by atoms with Crippen molar-refractivity contribution in [3.8, 4) is 0 Å². The van der Waals surface area contributed by atoms with Gasteiger partial charge in [0.15, 0.2) is 0 Å². The van der Waals surface area contributed by atoms with Gasteiger partial charge in [-0.05, 0) is 40.2 Å². The summed E-state index contributed by atoms with van der Waals surface area (Å²) >= 11 is 7.33. The molecule has 1 nitrogen and oxygen atoms in total. The Labute approximate surface area is 95.4 Å².